The number of nitrogens with one attached hydrogen (secondary N) is 1. The molecule has 7 rings (SSSR count). The van der Waals surface area contributed by atoms with Crippen molar-refractivity contribution in [2.75, 3.05) is 0 Å². The molecule has 0 aliphatic heterocycles. The second-order valence-corrected chi connectivity index (χ2v) is 10.8. The van der Waals surface area contributed by atoms with E-state index in [4.69, 9.17) is 0 Å². The molecule has 36 heavy (non-hydrogen) atoms. The highest BCUT2D eigenvalue weighted by atomic mass is 14.7. The molecule has 1 aromatic heterocycles. The smallest absolute Gasteiger partial charge is 0.0500 e. The molecule has 1 N–H and O–H groups in total. The standard InChI is InChI=1S/C35H29N/c1-21-13-15-23(16-14-21)32-25-9-5-7-11-27(25)33(28-12-8-6-10-26(28)32)24-17-18-29-30(20-24)35(3,4)31-19-22(2)36-34(29)31/h5-20,36H,1-4H3. The lowest BCUT2D eigenvalue weighted by Crippen LogP contribution is -2.14. The topological polar surface area (TPSA) is 15.8 Å². The van der Waals surface area contributed by atoms with Gasteiger partial charge in [-0.15, -0.1) is 0 Å². The summed E-state index contributed by atoms with van der Waals surface area (Å²) in [5, 5.41) is 5.21. The largest absolute Gasteiger partial charge is 0.358 e. The number of benzene rings is 5. The van der Waals surface area contributed by atoms with Gasteiger partial charge in [0, 0.05) is 16.7 Å². The van der Waals surface area contributed by atoms with Gasteiger partial charge in [0.15, 0.2) is 0 Å². The van der Waals surface area contributed by atoms with Crippen LogP contribution < -0.4 is 0 Å². The highest BCUT2D eigenvalue weighted by Gasteiger charge is 2.37. The minimum Gasteiger partial charge on any atom is -0.358 e. The molecule has 1 aliphatic carbocycles. The maximum atomic E-state index is 3.62. The molecular formula is C35H29N. The molecule has 0 saturated heterocycles. The molecule has 0 bridgehead atoms. The van der Waals surface area contributed by atoms with Gasteiger partial charge in [0.05, 0.1) is 5.69 Å². The zero-order valence-electron chi connectivity index (χ0n) is 21.2. The van der Waals surface area contributed by atoms with E-state index >= 15 is 0 Å². The van der Waals surface area contributed by atoms with E-state index in [-0.39, 0.29) is 5.41 Å². The van der Waals surface area contributed by atoms with Gasteiger partial charge in [-0.25, -0.2) is 0 Å². The lowest BCUT2D eigenvalue weighted by atomic mass is 9.80. The average molecular weight is 464 g/mol. The number of hydrogen-bond donors (Lipinski definition) is 1. The number of aromatic amines is 1. The highest BCUT2D eigenvalue weighted by Crippen LogP contribution is 2.51. The van der Waals surface area contributed by atoms with Crippen LogP contribution in [0.1, 0.15) is 36.2 Å². The molecule has 0 fully saturated rings. The lowest BCUT2D eigenvalue weighted by Gasteiger charge is -2.22. The van der Waals surface area contributed by atoms with E-state index in [0.717, 1.165) is 0 Å². The number of rotatable bonds is 2. The number of H-pyrrole nitrogens is 1. The molecule has 0 unspecified atom stereocenters. The fourth-order valence-corrected chi connectivity index (χ4v) is 6.35. The molecular weight excluding hydrogens is 434 g/mol. The Hall–Kier alpha value is -4.10. The Balaban J connectivity index is 1.55. The zero-order valence-corrected chi connectivity index (χ0v) is 21.2. The molecule has 0 radical (unpaired) electrons. The third-order valence-electron chi connectivity index (χ3n) is 8.15. The van der Waals surface area contributed by atoms with Crippen LogP contribution in [0, 0.1) is 13.8 Å². The van der Waals surface area contributed by atoms with Gasteiger partial charge in [-0.2, -0.15) is 0 Å². The molecule has 6 aromatic rings. The van der Waals surface area contributed by atoms with Crippen LogP contribution in [0.5, 0.6) is 0 Å². The minimum absolute atomic E-state index is 0.0289. The van der Waals surface area contributed by atoms with Crippen LogP contribution in [0.25, 0.3) is 55.1 Å². The van der Waals surface area contributed by atoms with Gasteiger partial charge in [0.2, 0.25) is 0 Å². The summed E-state index contributed by atoms with van der Waals surface area (Å²) in [7, 11) is 0. The van der Waals surface area contributed by atoms with Crippen LogP contribution in [0.2, 0.25) is 0 Å². The van der Waals surface area contributed by atoms with Crippen LogP contribution in [-0.2, 0) is 5.41 Å². The Morgan fingerprint density at radius 2 is 1.08 bits per heavy atom. The van der Waals surface area contributed by atoms with Crippen molar-refractivity contribution in [1.82, 2.24) is 4.98 Å². The molecule has 1 heteroatoms. The molecule has 0 spiro atoms. The number of fused-ring (bicyclic) bond motifs is 5. The average Bonchev–Trinajstić information content (AvgIpc) is 3.37. The Bertz CT molecular complexity index is 1760. The first-order chi connectivity index (χ1) is 17.4. The van der Waals surface area contributed by atoms with Crippen molar-refractivity contribution in [3.63, 3.8) is 0 Å². The molecule has 174 valence electrons. The maximum Gasteiger partial charge on any atom is 0.0500 e. The highest BCUT2D eigenvalue weighted by molar-refractivity contribution is 6.21. The summed E-state index contributed by atoms with van der Waals surface area (Å²) in [4.78, 5) is 3.62. The third kappa shape index (κ3) is 2.89. The van der Waals surface area contributed by atoms with E-state index in [1.54, 1.807) is 0 Å². The van der Waals surface area contributed by atoms with Crippen molar-refractivity contribution in [2.45, 2.75) is 33.1 Å². The first-order valence-corrected chi connectivity index (χ1v) is 12.8. The Morgan fingerprint density at radius 1 is 0.556 bits per heavy atom. The second-order valence-electron chi connectivity index (χ2n) is 10.8. The van der Waals surface area contributed by atoms with Crippen molar-refractivity contribution in [3.8, 4) is 33.5 Å². The summed E-state index contributed by atoms with van der Waals surface area (Å²) in [6.07, 6.45) is 0. The molecule has 1 heterocycles. The summed E-state index contributed by atoms with van der Waals surface area (Å²) in [6, 6.07) is 36.2. The first-order valence-electron chi connectivity index (χ1n) is 12.8. The summed E-state index contributed by atoms with van der Waals surface area (Å²) < 4.78 is 0. The van der Waals surface area contributed by atoms with E-state index in [1.807, 2.05) is 0 Å². The van der Waals surface area contributed by atoms with Crippen LogP contribution in [0.3, 0.4) is 0 Å². The molecule has 5 aromatic carbocycles. The molecule has 1 aliphatic rings. The number of aryl methyl sites for hydroxylation is 2. The lowest BCUT2D eigenvalue weighted by molar-refractivity contribution is 0.661. The van der Waals surface area contributed by atoms with Gasteiger partial charge in [0.1, 0.15) is 0 Å². The summed E-state index contributed by atoms with van der Waals surface area (Å²) in [6.45, 7) is 9.00. The third-order valence-corrected chi connectivity index (χ3v) is 8.15. The van der Waals surface area contributed by atoms with Crippen LogP contribution in [-0.4, -0.2) is 4.98 Å². The quantitative estimate of drug-likeness (QED) is 0.246. The van der Waals surface area contributed by atoms with Crippen LogP contribution in [0.15, 0.2) is 97.1 Å². The predicted octanol–water partition coefficient (Wildman–Crippen LogP) is 9.58. The maximum absolute atomic E-state index is 3.62. The van der Waals surface area contributed by atoms with E-state index in [1.165, 1.54) is 77.4 Å². The molecule has 0 atom stereocenters. The zero-order chi connectivity index (χ0) is 24.6. The van der Waals surface area contributed by atoms with Crippen molar-refractivity contribution in [3.05, 3.63) is 119 Å². The number of aromatic nitrogens is 1. The monoisotopic (exact) mass is 463 g/mol. The van der Waals surface area contributed by atoms with Gasteiger partial charge in [-0.3, -0.25) is 0 Å². The van der Waals surface area contributed by atoms with Gasteiger partial charge < -0.3 is 4.98 Å². The number of hydrogen-bond acceptors (Lipinski definition) is 0. The molecule has 0 saturated carbocycles. The van der Waals surface area contributed by atoms with Crippen molar-refractivity contribution in [1.29, 1.82) is 0 Å². The molecule has 1 nitrogen and oxygen atoms in total. The SMILES string of the molecule is Cc1ccc(-c2c3ccccc3c(-c3ccc4c(c3)C(C)(C)c3cc(C)[nH]c3-4)c3ccccc23)cc1. The van der Waals surface area contributed by atoms with Crippen LogP contribution in [0.4, 0.5) is 0 Å². The Labute approximate surface area is 212 Å². The van der Waals surface area contributed by atoms with E-state index in [2.05, 4.69) is 130 Å². The van der Waals surface area contributed by atoms with Gasteiger partial charge >= 0.3 is 0 Å². The van der Waals surface area contributed by atoms with Gasteiger partial charge in [0.25, 0.3) is 0 Å². The predicted molar refractivity (Wildman–Crippen MR) is 154 cm³/mol. The Kier molecular flexibility index (Phi) is 4.39. The van der Waals surface area contributed by atoms with Gasteiger partial charge in [-0.05, 0) is 80.9 Å². The summed E-state index contributed by atoms with van der Waals surface area (Å²) in [5.74, 6) is 0. The van der Waals surface area contributed by atoms with E-state index < -0.39 is 0 Å². The van der Waals surface area contributed by atoms with Crippen molar-refractivity contribution < 1.29 is 0 Å². The molecule has 0 amide bonds. The van der Waals surface area contributed by atoms with E-state index in [9.17, 15) is 0 Å². The van der Waals surface area contributed by atoms with Crippen molar-refractivity contribution >= 4 is 21.5 Å². The minimum atomic E-state index is -0.0289. The Morgan fingerprint density at radius 3 is 1.67 bits per heavy atom. The summed E-state index contributed by atoms with van der Waals surface area (Å²) in [5.41, 5.74) is 13.1. The normalized spacial score (nSPS) is 13.8. The first kappa shape index (κ1) is 21.2. The van der Waals surface area contributed by atoms with Gasteiger partial charge in [-0.1, -0.05) is 104 Å². The van der Waals surface area contributed by atoms with Crippen LogP contribution >= 0.6 is 0 Å². The van der Waals surface area contributed by atoms with Crippen molar-refractivity contribution in [2.24, 2.45) is 0 Å². The fraction of sp³-hybridized carbons (Fsp3) is 0.143. The fourth-order valence-electron chi connectivity index (χ4n) is 6.35. The van der Waals surface area contributed by atoms with E-state index in [0.29, 0.717) is 0 Å². The summed E-state index contributed by atoms with van der Waals surface area (Å²) >= 11 is 0. The second kappa shape index (κ2) is 7.45.